The highest BCUT2D eigenvalue weighted by atomic mass is 19.4. The van der Waals surface area contributed by atoms with Crippen LogP contribution < -0.4 is 4.74 Å². The van der Waals surface area contributed by atoms with E-state index >= 15 is 0 Å². The number of ether oxygens (including phenoxy) is 1. The molecular weight excluding hydrogens is 238 g/mol. The lowest BCUT2D eigenvalue weighted by Crippen LogP contribution is -2.14. The molecule has 0 aliphatic heterocycles. The molecule has 0 aliphatic rings. The topological polar surface area (TPSA) is 9.23 Å². The van der Waals surface area contributed by atoms with E-state index in [0.29, 0.717) is 12.1 Å². The van der Waals surface area contributed by atoms with Gasteiger partial charge in [0.05, 0.1) is 12.7 Å². The summed E-state index contributed by atoms with van der Waals surface area (Å²) in [7, 11) is 0.744. The van der Waals surface area contributed by atoms with Gasteiger partial charge in [-0.25, -0.2) is 0 Å². The van der Waals surface area contributed by atoms with Crippen LogP contribution in [0.15, 0.2) is 12.1 Å². The molecule has 0 atom stereocenters. The molecular formula is C9H5F6O. The van der Waals surface area contributed by atoms with Crippen LogP contribution in [-0.2, 0) is 12.4 Å². The van der Waals surface area contributed by atoms with E-state index in [2.05, 4.69) is 4.74 Å². The van der Waals surface area contributed by atoms with Crippen molar-refractivity contribution in [1.82, 2.24) is 0 Å². The van der Waals surface area contributed by atoms with Crippen LogP contribution in [-0.4, -0.2) is 7.11 Å². The molecule has 16 heavy (non-hydrogen) atoms. The van der Waals surface area contributed by atoms with Crippen molar-refractivity contribution in [3.63, 3.8) is 0 Å². The van der Waals surface area contributed by atoms with Gasteiger partial charge in [0.2, 0.25) is 0 Å². The standard InChI is InChI=1S/C9H5F6O/c1-16-7-5(8(10,11)12)3-2-4-6(7)9(13,14)15/h2-3H,1H3. The van der Waals surface area contributed by atoms with E-state index in [-0.39, 0.29) is 0 Å². The van der Waals surface area contributed by atoms with Crippen LogP contribution in [0.25, 0.3) is 0 Å². The van der Waals surface area contributed by atoms with Gasteiger partial charge in [-0.3, -0.25) is 0 Å². The Kier molecular flexibility index (Phi) is 3.07. The van der Waals surface area contributed by atoms with Crippen LogP contribution in [0.1, 0.15) is 11.1 Å². The first-order chi connectivity index (χ1) is 7.18. The number of alkyl halides is 6. The summed E-state index contributed by atoms with van der Waals surface area (Å²) in [6.07, 6.45) is -9.84. The lowest BCUT2D eigenvalue weighted by atomic mass is 10.1. The maximum absolute atomic E-state index is 12.3. The molecule has 1 aromatic carbocycles. The Morgan fingerprint density at radius 2 is 1.62 bits per heavy atom. The van der Waals surface area contributed by atoms with Crippen molar-refractivity contribution >= 4 is 0 Å². The van der Waals surface area contributed by atoms with Gasteiger partial charge < -0.3 is 4.74 Å². The maximum Gasteiger partial charge on any atom is 0.420 e. The molecule has 1 aromatic rings. The van der Waals surface area contributed by atoms with Crippen molar-refractivity contribution in [1.29, 1.82) is 0 Å². The van der Waals surface area contributed by atoms with Crippen molar-refractivity contribution in [2.45, 2.75) is 12.4 Å². The fourth-order valence-electron chi connectivity index (χ4n) is 1.13. The van der Waals surface area contributed by atoms with Gasteiger partial charge in [-0.2, -0.15) is 26.3 Å². The number of methoxy groups -OCH3 is 1. The largest absolute Gasteiger partial charge is 0.495 e. The fourth-order valence-corrected chi connectivity index (χ4v) is 1.13. The molecule has 1 nitrogen and oxygen atoms in total. The van der Waals surface area contributed by atoms with Gasteiger partial charge in [-0.15, -0.1) is 0 Å². The first-order valence-corrected chi connectivity index (χ1v) is 3.91. The Hall–Kier alpha value is -1.40. The molecule has 89 valence electrons. The minimum Gasteiger partial charge on any atom is -0.495 e. The number of rotatable bonds is 1. The highest BCUT2D eigenvalue weighted by Crippen LogP contribution is 2.43. The summed E-state index contributed by atoms with van der Waals surface area (Å²) in [5, 5.41) is 0. The first kappa shape index (κ1) is 12.7. The molecule has 0 amide bonds. The van der Waals surface area contributed by atoms with E-state index in [1.807, 2.05) is 0 Å². The molecule has 1 radical (unpaired) electrons. The second-order valence-corrected chi connectivity index (χ2v) is 2.80. The third kappa shape index (κ3) is 2.40. The van der Waals surface area contributed by atoms with Gasteiger partial charge in [-0.1, -0.05) is 6.07 Å². The van der Waals surface area contributed by atoms with E-state index < -0.39 is 29.2 Å². The maximum atomic E-state index is 12.3. The van der Waals surface area contributed by atoms with Crippen LogP contribution in [0.5, 0.6) is 5.75 Å². The van der Waals surface area contributed by atoms with Crippen molar-refractivity contribution < 1.29 is 31.1 Å². The minimum absolute atomic E-state index is 0.480. The van der Waals surface area contributed by atoms with Gasteiger partial charge in [0, 0.05) is 0 Å². The summed E-state index contributed by atoms with van der Waals surface area (Å²) in [5.74, 6) is -1.26. The Labute approximate surface area is 86.6 Å². The van der Waals surface area contributed by atoms with Gasteiger partial charge in [0.25, 0.3) is 0 Å². The molecule has 0 heterocycles. The molecule has 0 spiro atoms. The normalized spacial score (nSPS) is 12.7. The second kappa shape index (κ2) is 3.88. The second-order valence-electron chi connectivity index (χ2n) is 2.80. The van der Waals surface area contributed by atoms with Crippen molar-refractivity contribution in [3.05, 3.63) is 29.3 Å². The Bertz CT molecular complexity index is 346. The number of benzene rings is 1. The van der Waals surface area contributed by atoms with Crippen molar-refractivity contribution in [2.75, 3.05) is 7.11 Å². The van der Waals surface area contributed by atoms with E-state index in [1.165, 1.54) is 0 Å². The highest BCUT2D eigenvalue weighted by Gasteiger charge is 2.41. The van der Waals surface area contributed by atoms with Gasteiger partial charge in [0.1, 0.15) is 11.3 Å². The number of hydrogen-bond donors (Lipinski definition) is 0. The van der Waals surface area contributed by atoms with Crippen LogP contribution in [0.2, 0.25) is 0 Å². The zero-order valence-corrected chi connectivity index (χ0v) is 7.83. The molecule has 0 fully saturated rings. The molecule has 0 saturated heterocycles. The van der Waals surface area contributed by atoms with E-state index in [0.717, 1.165) is 7.11 Å². The number of hydrogen-bond acceptors (Lipinski definition) is 1. The predicted molar refractivity (Wildman–Crippen MR) is 41.8 cm³/mol. The highest BCUT2D eigenvalue weighted by molar-refractivity contribution is 5.44. The van der Waals surface area contributed by atoms with Crippen LogP contribution in [0.4, 0.5) is 26.3 Å². The summed E-state index contributed by atoms with van der Waals surface area (Å²) in [5.41, 5.74) is -3.04. The third-order valence-corrected chi connectivity index (χ3v) is 1.74. The van der Waals surface area contributed by atoms with Gasteiger partial charge >= 0.3 is 12.4 Å². The van der Waals surface area contributed by atoms with E-state index in [1.54, 1.807) is 6.07 Å². The molecule has 1 rings (SSSR count). The van der Waals surface area contributed by atoms with Crippen LogP contribution in [0, 0.1) is 6.07 Å². The van der Waals surface area contributed by atoms with Crippen molar-refractivity contribution in [2.24, 2.45) is 0 Å². The molecule has 0 bridgehead atoms. The molecule has 0 N–H and O–H groups in total. The Morgan fingerprint density at radius 3 is 2.00 bits per heavy atom. The van der Waals surface area contributed by atoms with Crippen LogP contribution in [0.3, 0.4) is 0 Å². The molecule has 0 unspecified atom stereocenters. The lowest BCUT2D eigenvalue weighted by molar-refractivity contribution is -0.145. The van der Waals surface area contributed by atoms with Crippen LogP contribution >= 0.6 is 0 Å². The van der Waals surface area contributed by atoms with Gasteiger partial charge in [0.15, 0.2) is 0 Å². The first-order valence-electron chi connectivity index (χ1n) is 3.91. The lowest BCUT2D eigenvalue weighted by Gasteiger charge is -2.16. The zero-order chi connectivity index (χ0) is 12.6. The molecule has 0 aromatic heterocycles. The molecule has 0 aliphatic carbocycles. The Morgan fingerprint density at radius 1 is 1.06 bits per heavy atom. The monoisotopic (exact) mass is 243 g/mol. The smallest absolute Gasteiger partial charge is 0.420 e. The van der Waals surface area contributed by atoms with E-state index in [9.17, 15) is 26.3 Å². The quantitative estimate of drug-likeness (QED) is 0.685. The summed E-state index contributed by atoms with van der Waals surface area (Å²) in [4.78, 5) is 0. The summed E-state index contributed by atoms with van der Waals surface area (Å²) in [6.45, 7) is 0. The predicted octanol–water partition coefficient (Wildman–Crippen LogP) is 3.53. The Balaban J connectivity index is 3.45. The summed E-state index contributed by atoms with van der Waals surface area (Å²) in [6, 6.07) is 2.73. The molecule has 7 heteroatoms. The minimum atomic E-state index is -4.94. The average molecular weight is 243 g/mol. The van der Waals surface area contributed by atoms with Crippen molar-refractivity contribution in [3.8, 4) is 5.75 Å². The third-order valence-electron chi connectivity index (χ3n) is 1.74. The summed E-state index contributed by atoms with van der Waals surface area (Å²) < 4.78 is 78.2. The van der Waals surface area contributed by atoms with Gasteiger partial charge in [-0.05, 0) is 12.1 Å². The zero-order valence-electron chi connectivity index (χ0n) is 7.83. The van der Waals surface area contributed by atoms with E-state index in [4.69, 9.17) is 0 Å². The fraction of sp³-hybridized carbons (Fsp3) is 0.333. The SMILES string of the molecule is COc1c(C(F)(F)F)[c]ccc1C(F)(F)F. The molecule has 0 saturated carbocycles. The number of halogens is 6. The average Bonchev–Trinajstić information content (AvgIpc) is 2.13. The summed E-state index contributed by atoms with van der Waals surface area (Å²) >= 11 is 0.